The molecular weight excluding hydrogens is 1230 g/mol. The number of hydrogen-bond donors (Lipinski definition) is 0. The van der Waals surface area contributed by atoms with Gasteiger partial charge < -0.3 is 28.7 Å². The minimum atomic E-state index is -5.02. The molecule has 0 unspecified atom stereocenters. The van der Waals surface area contributed by atoms with Crippen LogP contribution in [-0.2, 0) is 30.9 Å². The average molecular weight is 1260 g/mol. The van der Waals surface area contributed by atoms with Gasteiger partial charge in [-0.3, -0.25) is 0 Å². The van der Waals surface area contributed by atoms with E-state index in [9.17, 15) is 52.7 Å². The Morgan fingerprint density at radius 2 is 0.663 bits per heavy atom. The summed E-state index contributed by atoms with van der Waals surface area (Å²) in [5.41, 5.74) is -2.71. The number of benzene rings is 9. The zero-order valence-electron chi connectivity index (χ0n) is 44.3. The van der Waals surface area contributed by atoms with Gasteiger partial charge in [0.1, 0.15) is 46.0 Å². The Labute approximate surface area is 499 Å². The lowest BCUT2D eigenvalue weighted by atomic mass is 9.30. The van der Waals surface area contributed by atoms with Gasteiger partial charge in [-0.05, 0) is 124 Å². The number of nitrogens with zero attached hydrogens (tertiary/aromatic N) is 2. The molecule has 438 valence electrons. The minimum absolute atomic E-state index is 0.000785. The van der Waals surface area contributed by atoms with Crippen molar-refractivity contribution < 1.29 is 84.8 Å². The Hall–Kier alpha value is -9.16. The van der Waals surface area contributed by atoms with Crippen LogP contribution in [-0.4, -0.2) is 20.1 Å². The highest BCUT2D eigenvalue weighted by Gasteiger charge is 2.53. The minimum Gasteiger partial charge on any atom is -0.458 e. The molecule has 11 aromatic rings. The number of para-hydroxylation sites is 2. The lowest BCUT2D eigenvalue weighted by Crippen LogP contribution is -2.65. The lowest BCUT2D eigenvalue weighted by molar-refractivity contribution is -0.138. The Bertz CT molecular complexity index is 4670. The highest BCUT2D eigenvalue weighted by molar-refractivity contribution is 7.33. The first-order valence-electron chi connectivity index (χ1n) is 27.0. The maximum atomic E-state index is 15.8. The van der Waals surface area contributed by atoms with E-state index in [1.54, 1.807) is 82.6 Å². The van der Waals surface area contributed by atoms with Gasteiger partial charge in [0.15, 0.2) is 0 Å². The second-order valence-electron chi connectivity index (χ2n) is 22.1. The first-order valence-corrected chi connectivity index (χ1v) is 28.7. The molecule has 0 N–H and O–H groups in total. The van der Waals surface area contributed by atoms with Crippen LogP contribution in [0.5, 0.6) is 46.0 Å². The SMILES string of the molecule is FC(F)(F)c1cc2c3c(c1)Oc1c(sc4ccc(C(F)(F)F)cc14)B3c1cc3c(cc1O2)N(c1ccccc1)c1cc(C(F)(F)F)cc2c1B3c1cc3c(cc1N2c1ccccc1)Oc1cc(C(F)(F)F)cc2c1B3c1sc3ccc(C(F)(F)F)cc3c1O2. The van der Waals surface area contributed by atoms with Gasteiger partial charge in [-0.25, -0.2) is 0 Å². The third kappa shape index (κ3) is 7.89. The molecule has 89 heavy (non-hydrogen) atoms. The quantitative estimate of drug-likeness (QED) is 0.127. The number of thiophene rings is 2. The first-order chi connectivity index (χ1) is 42.2. The van der Waals surface area contributed by atoms with E-state index >= 15 is 13.2 Å². The van der Waals surface area contributed by atoms with E-state index in [2.05, 4.69) is 0 Å². The van der Waals surface area contributed by atoms with Crippen molar-refractivity contribution in [2.75, 3.05) is 9.80 Å². The molecule has 26 heteroatoms. The molecule has 0 fully saturated rings. The highest BCUT2D eigenvalue weighted by atomic mass is 32.1. The van der Waals surface area contributed by atoms with Crippen molar-refractivity contribution in [3.8, 4) is 46.0 Å². The van der Waals surface area contributed by atoms with Crippen LogP contribution in [0.3, 0.4) is 0 Å². The normalized spacial score (nSPS) is 14.9. The van der Waals surface area contributed by atoms with Crippen molar-refractivity contribution in [1.29, 1.82) is 0 Å². The van der Waals surface area contributed by atoms with E-state index in [-0.39, 0.29) is 90.4 Å². The summed E-state index contributed by atoms with van der Waals surface area (Å²) in [6.45, 7) is -3.35. The summed E-state index contributed by atoms with van der Waals surface area (Å²) in [7, 11) is 0. The van der Waals surface area contributed by atoms with E-state index in [4.69, 9.17) is 18.9 Å². The number of fused-ring (bicyclic) bond motifs is 16. The number of rotatable bonds is 2. The molecule has 2 aromatic heterocycles. The van der Waals surface area contributed by atoms with Crippen LogP contribution in [0.25, 0.3) is 20.2 Å². The predicted molar refractivity (Wildman–Crippen MR) is 312 cm³/mol. The van der Waals surface area contributed by atoms with Crippen molar-refractivity contribution in [1.82, 2.24) is 0 Å². The van der Waals surface area contributed by atoms with Gasteiger partial charge in [-0.1, -0.05) is 48.5 Å². The molecular formula is C63H26B3F15N2O4S2. The summed E-state index contributed by atoms with van der Waals surface area (Å²) in [5, 5.41) is -0.0667. The fraction of sp³-hybridized carbons (Fsp3) is 0.0794. The molecule has 0 radical (unpaired) electrons. The van der Waals surface area contributed by atoms with Gasteiger partial charge in [0.05, 0.1) is 27.8 Å². The second-order valence-corrected chi connectivity index (χ2v) is 24.3. The van der Waals surface area contributed by atoms with E-state index in [0.29, 0.717) is 57.6 Å². The maximum Gasteiger partial charge on any atom is 0.416 e. The molecule has 0 spiro atoms. The Morgan fingerprint density at radius 1 is 0.303 bits per heavy atom. The zero-order valence-corrected chi connectivity index (χ0v) is 45.9. The zero-order chi connectivity index (χ0) is 61.5. The average Bonchev–Trinajstić information content (AvgIpc) is 1.44. The maximum absolute atomic E-state index is 15.8. The summed E-state index contributed by atoms with van der Waals surface area (Å²) >= 11 is 2.10. The number of ether oxygens (including phenoxy) is 4. The van der Waals surface area contributed by atoms with E-state index in [1.807, 2.05) is 0 Å². The van der Waals surface area contributed by atoms with Gasteiger partial charge in [0, 0.05) is 86.9 Å². The summed E-state index contributed by atoms with van der Waals surface area (Å²) in [6, 6.07) is 34.1. The fourth-order valence-corrected chi connectivity index (χ4v) is 15.9. The Kier molecular flexibility index (Phi) is 10.8. The number of alkyl halides is 15. The largest absolute Gasteiger partial charge is 0.458 e. The Morgan fingerprint density at radius 3 is 1.03 bits per heavy atom. The molecule has 0 amide bonds. The van der Waals surface area contributed by atoms with E-state index < -0.39 is 78.8 Å². The van der Waals surface area contributed by atoms with Gasteiger partial charge in [-0.15, -0.1) is 22.7 Å². The molecule has 0 aliphatic carbocycles. The van der Waals surface area contributed by atoms with Crippen LogP contribution in [0.4, 0.5) is 100.0 Å². The topological polar surface area (TPSA) is 43.4 Å². The predicted octanol–water partition coefficient (Wildman–Crippen LogP) is 14.7. The number of hydrogen-bond acceptors (Lipinski definition) is 8. The molecule has 6 aliphatic heterocycles. The Balaban J connectivity index is 0.974. The van der Waals surface area contributed by atoms with Crippen LogP contribution < -0.4 is 76.5 Å². The van der Waals surface area contributed by atoms with Gasteiger partial charge in [0.2, 0.25) is 0 Å². The summed E-state index contributed by atoms with van der Waals surface area (Å²) in [5.74, 6) is -1.70. The van der Waals surface area contributed by atoms with Crippen LogP contribution in [0.2, 0.25) is 0 Å². The third-order valence-electron chi connectivity index (χ3n) is 17.1. The summed E-state index contributed by atoms with van der Waals surface area (Å²) in [6.07, 6.45) is -24.7. The van der Waals surface area contributed by atoms with Crippen molar-refractivity contribution in [2.24, 2.45) is 0 Å². The van der Waals surface area contributed by atoms with Crippen molar-refractivity contribution in [3.05, 3.63) is 186 Å². The smallest absolute Gasteiger partial charge is 0.416 e. The van der Waals surface area contributed by atoms with Crippen LogP contribution in [0.15, 0.2) is 158 Å². The van der Waals surface area contributed by atoms with E-state index in [0.717, 1.165) is 83.3 Å². The van der Waals surface area contributed by atoms with Crippen molar-refractivity contribution >= 4 is 145 Å². The summed E-state index contributed by atoms with van der Waals surface area (Å²) < 4.78 is 250. The standard InChI is InChI=1S/C63H26B3F15N2O4S2/c67-59(68,69)27-11-13-50-34(15-27)55-57(88-50)65-38-23-36-40(25-44(38)84-46-19-30(62(76,77)78)21-48(86-55)53(46)65)82(32-7-3-1-4-8-32)42-17-29(61(73,74)75)18-43-52(42)64(36)37-24-39-45(26-41(37)83(43)33-9-5-2-6-10-33)85-47-20-31(63(79,80)81)22-49-54(47)66(39)58-56(87-49)35-16-28(60(70,71)72)12-14-51(35)89-58/h1-26H. The third-order valence-corrected chi connectivity index (χ3v) is 19.6. The molecule has 0 saturated heterocycles. The lowest BCUT2D eigenvalue weighted by Gasteiger charge is -2.45. The van der Waals surface area contributed by atoms with Crippen molar-refractivity contribution in [2.45, 2.75) is 30.9 Å². The molecule has 6 aliphatic rings. The van der Waals surface area contributed by atoms with Crippen LogP contribution in [0.1, 0.15) is 27.8 Å². The summed E-state index contributed by atoms with van der Waals surface area (Å²) in [4.78, 5) is 3.16. The van der Waals surface area contributed by atoms with Crippen molar-refractivity contribution in [3.63, 3.8) is 0 Å². The monoisotopic (exact) mass is 1260 g/mol. The first kappa shape index (κ1) is 54.0. The number of halogens is 15. The fourth-order valence-electron chi connectivity index (χ4n) is 13.5. The molecule has 0 saturated carbocycles. The molecule has 0 bridgehead atoms. The number of anilines is 6. The van der Waals surface area contributed by atoms with Gasteiger partial charge in [0.25, 0.3) is 20.1 Å². The molecule has 0 atom stereocenters. The van der Waals surface area contributed by atoms with Crippen LogP contribution in [0, 0.1) is 0 Å². The second kappa shape index (κ2) is 17.8. The van der Waals surface area contributed by atoms with Gasteiger partial charge in [-0.2, -0.15) is 65.9 Å². The van der Waals surface area contributed by atoms with Gasteiger partial charge >= 0.3 is 30.9 Å². The van der Waals surface area contributed by atoms with E-state index in [1.165, 1.54) is 24.3 Å². The molecule has 17 rings (SSSR count). The van der Waals surface area contributed by atoms with Crippen LogP contribution >= 0.6 is 22.7 Å². The molecule has 6 nitrogen and oxygen atoms in total. The molecule has 9 aromatic carbocycles. The highest BCUT2D eigenvalue weighted by Crippen LogP contribution is 2.52. The molecule has 8 heterocycles.